The van der Waals surface area contributed by atoms with Crippen molar-refractivity contribution in [3.05, 3.63) is 88.7 Å². The number of rotatable bonds is 5. The first-order valence-corrected chi connectivity index (χ1v) is 9.11. The topological polar surface area (TPSA) is 98.3 Å². The van der Waals surface area contributed by atoms with E-state index in [0.717, 1.165) is 22.2 Å². The van der Waals surface area contributed by atoms with E-state index in [9.17, 15) is 14.9 Å². The van der Waals surface area contributed by atoms with E-state index >= 15 is 0 Å². The number of carbonyl (C=O) groups is 1. The Balaban J connectivity index is 1.71. The standard InChI is InChI=1S/C20H13N3O4S/c24-18(15-11-12-16(27-15)23(25)26)22-20-17(13-7-3-1-4-8-13)21-19(28-20)14-9-5-2-6-10-14/h1-12H,(H,22,24). The van der Waals surface area contributed by atoms with Crippen LogP contribution in [0.1, 0.15) is 10.6 Å². The molecule has 0 saturated carbocycles. The number of aromatic nitrogens is 1. The van der Waals surface area contributed by atoms with Gasteiger partial charge in [-0.1, -0.05) is 72.0 Å². The lowest BCUT2D eigenvalue weighted by Gasteiger charge is -2.03. The molecule has 0 saturated heterocycles. The summed E-state index contributed by atoms with van der Waals surface area (Å²) in [5.74, 6) is -1.20. The van der Waals surface area contributed by atoms with Crippen molar-refractivity contribution < 1.29 is 14.1 Å². The van der Waals surface area contributed by atoms with E-state index < -0.39 is 16.7 Å². The summed E-state index contributed by atoms with van der Waals surface area (Å²) < 4.78 is 4.99. The number of thiazole rings is 1. The number of furan rings is 1. The maximum Gasteiger partial charge on any atom is 0.433 e. The van der Waals surface area contributed by atoms with Crippen LogP contribution < -0.4 is 5.32 Å². The minimum absolute atomic E-state index is 0.139. The predicted molar refractivity (Wildman–Crippen MR) is 106 cm³/mol. The van der Waals surface area contributed by atoms with Crippen LogP contribution in [0.4, 0.5) is 10.9 Å². The van der Waals surface area contributed by atoms with Crippen LogP contribution in [0, 0.1) is 10.1 Å². The maximum absolute atomic E-state index is 12.5. The lowest BCUT2D eigenvalue weighted by Crippen LogP contribution is -2.10. The minimum atomic E-state index is -0.688. The molecule has 0 fully saturated rings. The van der Waals surface area contributed by atoms with Gasteiger partial charge in [0.1, 0.15) is 20.6 Å². The Morgan fingerprint density at radius 2 is 1.61 bits per heavy atom. The number of nitro groups is 1. The number of hydrogen-bond acceptors (Lipinski definition) is 6. The molecule has 0 spiro atoms. The van der Waals surface area contributed by atoms with Crippen molar-refractivity contribution in [1.82, 2.24) is 4.98 Å². The van der Waals surface area contributed by atoms with Crippen LogP contribution in [0.5, 0.6) is 0 Å². The Hall–Kier alpha value is -3.78. The fraction of sp³-hybridized carbons (Fsp3) is 0. The quantitative estimate of drug-likeness (QED) is 0.371. The maximum atomic E-state index is 12.5. The molecule has 28 heavy (non-hydrogen) atoms. The number of amides is 1. The predicted octanol–water partition coefficient (Wildman–Crippen LogP) is 5.23. The summed E-state index contributed by atoms with van der Waals surface area (Å²) in [4.78, 5) is 27.3. The van der Waals surface area contributed by atoms with Crippen molar-refractivity contribution in [2.75, 3.05) is 5.32 Å². The van der Waals surface area contributed by atoms with Crippen LogP contribution in [-0.2, 0) is 0 Å². The molecule has 4 rings (SSSR count). The Morgan fingerprint density at radius 1 is 0.964 bits per heavy atom. The van der Waals surface area contributed by atoms with Crippen LogP contribution in [0.25, 0.3) is 21.8 Å². The molecule has 1 amide bonds. The summed E-state index contributed by atoms with van der Waals surface area (Å²) in [5, 5.41) is 14.8. The highest BCUT2D eigenvalue weighted by Gasteiger charge is 2.21. The van der Waals surface area contributed by atoms with Gasteiger partial charge in [-0.25, -0.2) is 4.98 Å². The van der Waals surface area contributed by atoms with Gasteiger partial charge in [0.2, 0.25) is 0 Å². The molecule has 138 valence electrons. The van der Waals surface area contributed by atoms with Gasteiger partial charge in [0, 0.05) is 11.1 Å². The highest BCUT2D eigenvalue weighted by atomic mass is 32.1. The zero-order valence-electron chi connectivity index (χ0n) is 14.4. The average Bonchev–Trinajstić information content (AvgIpc) is 3.37. The molecule has 0 bridgehead atoms. The molecular weight excluding hydrogens is 378 g/mol. The molecule has 1 N–H and O–H groups in total. The van der Waals surface area contributed by atoms with Crippen molar-refractivity contribution in [3.63, 3.8) is 0 Å². The summed E-state index contributed by atoms with van der Waals surface area (Å²) in [6, 6.07) is 21.5. The van der Waals surface area contributed by atoms with E-state index in [1.807, 2.05) is 60.7 Å². The molecule has 7 nitrogen and oxygen atoms in total. The highest BCUT2D eigenvalue weighted by Crippen LogP contribution is 2.38. The number of carbonyl (C=O) groups excluding carboxylic acids is 1. The van der Waals surface area contributed by atoms with Crippen LogP contribution in [-0.4, -0.2) is 15.8 Å². The summed E-state index contributed by atoms with van der Waals surface area (Å²) >= 11 is 1.32. The van der Waals surface area contributed by atoms with Gasteiger partial charge in [-0.2, -0.15) is 0 Å². The molecule has 8 heteroatoms. The van der Waals surface area contributed by atoms with Gasteiger partial charge in [0.15, 0.2) is 5.76 Å². The molecule has 2 heterocycles. The number of hydrogen-bond donors (Lipinski definition) is 1. The van der Waals surface area contributed by atoms with Crippen LogP contribution in [0.2, 0.25) is 0 Å². The smallest absolute Gasteiger partial charge is 0.395 e. The van der Waals surface area contributed by atoms with Gasteiger partial charge < -0.3 is 9.73 Å². The molecule has 0 radical (unpaired) electrons. The normalized spacial score (nSPS) is 10.6. The number of nitrogens with one attached hydrogen (secondary N) is 1. The van der Waals surface area contributed by atoms with Crippen LogP contribution in [0.15, 0.2) is 77.2 Å². The highest BCUT2D eigenvalue weighted by molar-refractivity contribution is 7.19. The Labute approximate surface area is 163 Å². The van der Waals surface area contributed by atoms with Crippen LogP contribution in [0.3, 0.4) is 0 Å². The largest absolute Gasteiger partial charge is 0.433 e. The van der Waals surface area contributed by atoms with E-state index in [4.69, 9.17) is 9.40 Å². The average molecular weight is 391 g/mol. The minimum Gasteiger partial charge on any atom is -0.395 e. The fourth-order valence-corrected chi connectivity index (χ4v) is 3.60. The van der Waals surface area contributed by atoms with E-state index in [1.165, 1.54) is 17.4 Å². The van der Waals surface area contributed by atoms with Gasteiger partial charge in [-0.15, -0.1) is 0 Å². The third kappa shape index (κ3) is 3.53. The van der Waals surface area contributed by atoms with Crippen molar-refractivity contribution >= 4 is 28.1 Å². The van der Waals surface area contributed by atoms with Crippen molar-refractivity contribution in [1.29, 1.82) is 0 Å². The fourth-order valence-electron chi connectivity index (χ4n) is 2.61. The van der Waals surface area contributed by atoms with Gasteiger partial charge in [0.25, 0.3) is 5.91 Å². The molecule has 0 aliphatic rings. The van der Waals surface area contributed by atoms with Gasteiger partial charge in [-0.05, 0) is 6.07 Å². The molecule has 2 aromatic carbocycles. The Kier molecular flexibility index (Phi) is 4.69. The van der Waals surface area contributed by atoms with E-state index in [1.54, 1.807) is 0 Å². The SMILES string of the molecule is O=C(Nc1sc(-c2ccccc2)nc1-c1ccccc1)c1ccc([N+](=O)[O-])o1. The summed E-state index contributed by atoms with van der Waals surface area (Å²) in [5.41, 5.74) is 2.40. The first-order valence-electron chi connectivity index (χ1n) is 8.29. The second kappa shape index (κ2) is 7.45. The lowest BCUT2D eigenvalue weighted by molar-refractivity contribution is -0.402. The number of benzene rings is 2. The zero-order valence-corrected chi connectivity index (χ0v) is 15.2. The molecule has 0 aliphatic carbocycles. The van der Waals surface area contributed by atoms with E-state index in [-0.39, 0.29) is 5.76 Å². The Morgan fingerprint density at radius 3 is 2.21 bits per heavy atom. The van der Waals surface area contributed by atoms with E-state index in [2.05, 4.69) is 5.32 Å². The summed E-state index contributed by atoms with van der Waals surface area (Å²) in [6.07, 6.45) is 0. The molecule has 0 atom stereocenters. The van der Waals surface area contributed by atoms with Gasteiger partial charge in [-0.3, -0.25) is 14.9 Å². The zero-order chi connectivity index (χ0) is 19.5. The van der Waals surface area contributed by atoms with E-state index in [0.29, 0.717) is 10.7 Å². The first-order chi connectivity index (χ1) is 13.6. The molecular formula is C20H13N3O4S. The van der Waals surface area contributed by atoms with Crippen LogP contribution >= 0.6 is 11.3 Å². The third-order valence-electron chi connectivity index (χ3n) is 3.92. The molecule has 0 aliphatic heterocycles. The second-order valence-corrected chi connectivity index (χ2v) is 6.78. The van der Waals surface area contributed by atoms with Crippen molar-refractivity contribution in [2.24, 2.45) is 0 Å². The monoisotopic (exact) mass is 391 g/mol. The molecule has 2 aromatic heterocycles. The number of anilines is 1. The first kappa shape index (κ1) is 17.6. The summed E-state index contributed by atoms with van der Waals surface area (Å²) in [7, 11) is 0. The molecule has 4 aromatic rings. The second-order valence-electron chi connectivity index (χ2n) is 5.78. The van der Waals surface area contributed by atoms with Gasteiger partial charge in [0.05, 0.1) is 6.07 Å². The van der Waals surface area contributed by atoms with Crippen molar-refractivity contribution in [3.8, 4) is 21.8 Å². The third-order valence-corrected chi connectivity index (χ3v) is 4.94. The number of nitrogens with zero attached hydrogens (tertiary/aromatic N) is 2. The Bertz CT molecular complexity index is 1140. The van der Waals surface area contributed by atoms with Crippen molar-refractivity contribution in [2.45, 2.75) is 0 Å². The van der Waals surface area contributed by atoms with Gasteiger partial charge >= 0.3 is 5.88 Å². The summed E-state index contributed by atoms with van der Waals surface area (Å²) in [6.45, 7) is 0. The lowest BCUT2D eigenvalue weighted by atomic mass is 10.1. The molecule has 0 unspecified atom stereocenters.